The Balaban J connectivity index is 1.82. The van der Waals surface area contributed by atoms with Crippen LogP contribution in [0.3, 0.4) is 0 Å². The van der Waals surface area contributed by atoms with Crippen molar-refractivity contribution in [2.75, 3.05) is 12.9 Å². The highest BCUT2D eigenvalue weighted by molar-refractivity contribution is 7.99. The van der Waals surface area contributed by atoms with Gasteiger partial charge in [0.2, 0.25) is 5.91 Å². The van der Waals surface area contributed by atoms with E-state index in [0.29, 0.717) is 16.3 Å². The number of hydrogen-bond acceptors (Lipinski definition) is 3. The molecule has 2 aromatic rings. The molecule has 0 saturated carbocycles. The summed E-state index contributed by atoms with van der Waals surface area (Å²) in [7, 11) is 1.61. The van der Waals surface area contributed by atoms with E-state index in [1.807, 2.05) is 31.2 Å². The number of carbonyl (C=O) groups is 1. The third-order valence-corrected chi connectivity index (χ3v) is 4.85. The summed E-state index contributed by atoms with van der Waals surface area (Å²) in [4.78, 5) is 12.0. The maximum absolute atomic E-state index is 13.7. The predicted molar refractivity (Wildman–Crippen MR) is 97.1 cm³/mol. The molecule has 0 aliphatic rings. The second-order valence-electron chi connectivity index (χ2n) is 5.26. The lowest BCUT2D eigenvalue weighted by Crippen LogP contribution is -2.28. The number of carbonyl (C=O) groups excluding carboxylic acids is 1. The summed E-state index contributed by atoms with van der Waals surface area (Å²) in [5, 5.41) is 3.31. The molecule has 0 unspecified atom stereocenters. The number of halogens is 2. The van der Waals surface area contributed by atoms with Crippen LogP contribution in [-0.2, 0) is 10.5 Å². The maximum Gasteiger partial charge on any atom is 0.230 e. The highest BCUT2D eigenvalue weighted by atomic mass is 35.5. The summed E-state index contributed by atoms with van der Waals surface area (Å²) in [5.41, 5.74) is 1.42. The third-order valence-electron chi connectivity index (χ3n) is 3.53. The number of benzene rings is 2. The molecule has 0 heterocycles. The van der Waals surface area contributed by atoms with Crippen molar-refractivity contribution < 1.29 is 13.9 Å². The van der Waals surface area contributed by atoms with Crippen LogP contribution in [-0.4, -0.2) is 18.8 Å². The predicted octanol–water partition coefficient (Wildman–Crippen LogP) is 4.60. The van der Waals surface area contributed by atoms with Crippen LogP contribution in [0.25, 0.3) is 0 Å². The van der Waals surface area contributed by atoms with Crippen molar-refractivity contribution in [1.29, 1.82) is 0 Å². The second kappa shape index (κ2) is 8.94. The molecular formula is C18H19ClFNO2S. The van der Waals surface area contributed by atoms with Crippen LogP contribution in [0, 0.1) is 5.82 Å². The average Bonchev–Trinajstić information content (AvgIpc) is 2.57. The van der Waals surface area contributed by atoms with E-state index in [1.165, 1.54) is 17.8 Å². The molecule has 0 radical (unpaired) electrons. The van der Waals surface area contributed by atoms with Crippen LogP contribution in [0.2, 0.25) is 5.02 Å². The van der Waals surface area contributed by atoms with E-state index < -0.39 is 0 Å². The molecule has 0 bridgehead atoms. The van der Waals surface area contributed by atoms with Crippen molar-refractivity contribution in [3.63, 3.8) is 0 Å². The molecular weight excluding hydrogens is 349 g/mol. The molecule has 1 amide bonds. The lowest BCUT2D eigenvalue weighted by atomic mass is 10.1. The van der Waals surface area contributed by atoms with Gasteiger partial charge in [-0.15, -0.1) is 11.8 Å². The van der Waals surface area contributed by atoms with Gasteiger partial charge in [-0.2, -0.15) is 0 Å². The standard InChI is InChI=1S/C18H19ClFNO2S/c1-12(13-6-8-14(23-2)9-7-13)21-18(22)11-24-10-15-16(19)4-3-5-17(15)20/h3-9,12H,10-11H2,1-2H3,(H,21,22)/t12-/m1/s1. The largest absolute Gasteiger partial charge is 0.497 e. The van der Waals surface area contributed by atoms with Gasteiger partial charge in [-0.25, -0.2) is 4.39 Å². The lowest BCUT2D eigenvalue weighted by molar-refractivity contribution is -0.119. The normalized spacial score (nSPS) is 11.8. The Hall–Kier alpha value is -1.72. The van der Waals surface area contributed by atoms with Crippen molar-refractivity contribution in [3.05, 3.63) is 64.4 Å². The number of amides is 1. The molecule has 1 N–H and O–H groups in total. The molecule has 128 valence electrons. The van der Waals surface area contributed by atoms with Crippen LogP contribution >= 0.6 is 23.4 Å². The maximum atomic E-state index is 13.7. The topological polar surface area (TPSA) is 38.3 Å². The fraction of sp³-hybridized carbons (Fsp3) is 0.278. The summed E-state index contributed by atoms with van der Waals surface area (Å²) in [6.07, 6.45) is 0. The van der Waals surface area contributed by atoms with Gasteiger partial charge in [0.15, 0.2) is 0 Å². The number of methoxy groups -OCH3 is 1. The highest BCUT2D eigenvalue weighted by Gasteiger charge is 2.11. The zero-order valence-electron chi connectivity index (χ0n) is 13.5. The van der Waals surface area contributed by atoms with Gasteiger partial charge in [0.25, 0.3) is 0 Å². The first-order valence-electron chi connectivity index (χ1n) is 7.45. The average molecular weight is 368 g/mol. The highest BCUT2D eigenvalue weighted by Crippen LogP contribution is 2.24. The number of ether oxygens (including phenoxy) is 1. The van der Waals surface area contributed by atoms with E-state index >= 15 is 0 Å². The van der Waals surface area contributed by atoms with Crippen LogP contribution in [0.1, 0.15) is 24.1 Å². The SMILES string of the molecule is COc1ccc([C@@H](C)NC(=O)CSCc2c(F)cccc2Cl)cc1. The van der Waals surface area contributed by atoms with Crippen molar-refractivity contribution in [1.82, 2.24) is 5.32 Å². The zero-order valence-corrected chi connectivity index (χ0v) is 15.1. The third kappa shape index (κ3) is 5.14. The summed E-state index contributed by atoms with van der Waals surface area (Å²) >= 11 is 7.30. The summed E-state index contributed by atoms with van der Waals surface area (Å²) in [6, 6.07) is 12.0. The van der Waals surface area contributed by atoms with Crippen LogP contribution < -0.4 is 10.1 Å². The summed E-state index contributed by atoms with van der Waals surface area (Å²) in [6.45, 7) is 1.91. The van der Waals surface area contributed by atoms with Gasteiger partial charge in [0.1, 0.15) is 11.6 Å². The van der Waals surface area contributed by atoms with Crippen molar-refractivity contribution in [2.45, 2.75) is 18.7 Å². The molecule has 6 heteroatoms. The van der Waals surface area contributed by atoms with E-state index in [1.54, 1.807) is 19.2 Å². The Morgan fingerprint density at radius 3 is 2.62 bits per heavy atom. The minimum Gasteiger partial charge on any atom is -0.497 e. The molecule has 2 aromatic carbocycles. The van der Waals surface area contributed by atoms with Gasteiger partial charge >= 0.3 is 0 Å². The fourth-order valence-electron chi connectivity index (χ4n) is 2.18. The summed E-state index contributed by atoms with van der Waals surface area (Å²) < 4.78 is 18.8. The quantitative estimate of drug-likeness (QED) is 0.777. The molecule has 0 aliphatic heterocycles. The van der Waals surface area contributed by atoms with Crippen LogP contribution in [0.4, 0.5) is 4.39 Å². The molecule has 24 heavy (non-hydrogen) atoms. The van der Waals surface area contributed by atoms with Gasteiger partial charge < -0.3 is 10.1 Å². The molecule has 0 fully saturated rings. The van der Waals surface area contributed by atoms with Crippen LogP contribution in [0.15, 0.2) is 42.5 Å². The summed E-state index contributed by atoms with van der Waals surface area (Å²) in [5.74, 6) is 0.925. The number of rotatable bonds is 7. The van der Waals surface area contributed by atoms with E-state index in [4.69, 9.17) is 16.3 Å². The Kier molecular flexibility index (Phi) is 6.94. The van der Waals surface area contributed by atoms with Crippen molar-refractivity contribution in [3.8, 4) is 5.75 Å². The molecule has 0 saturated heterocycles. The molecule has 2 rings (SSSR count). The second-order valence-corrected chi connectivity index (χ2v) is 6.65. The first-order chi connectivity index (χ1) is 11.5. The van der Waals surface area contributed by atoms with Gasteiger partial charge in [0, 0.05) is 16.3 Å². The van der Waals surface area contributed by atoms with Crippen molar-refractivity contribution >= 4 is 29.3 Å². The van der Waals surface area contributed by atoms with E-state index in [9.17, 15) is 9.18 Å². The monoisotopic (exact) mass is 367 g/mol. The Morgan fingerprint density at radius 2 is 2.00 bits per heavy atom. The van der Waals surface area contributed by atoms with E-state index in [-0.39, 0.29) is 23.5 Å². The lowest BCUT2D eigenvalue weighted by Gasteiger charge is -2.15. The number of hydrogen-bond donors (Lipinski definition) is 1. The fourth-order valence-corrected chi connectivity index (χ4v) is 3.35. The Labute approximate surface area is 150 Å². The smallest absolute Gasteiger partial charge is 0.230 e. The van der Waals surface area contributed by atoms with Crippen LogP contribution in [0.5, 0.6) is 5.75 Å². The minimum absolute atomic E-state index is 0.101. The Morgan fingerprint density at radius 1 is 1.29 bits per heavy atom. The Bertz CT molecular complexity index is 674. The van der Waals surface area contributed by atoms with Crippen molar-refractivity contribution in [2.24, 2.45) is 0 Å². The molecule has 0 spiro atoms. The van der Waals surface area contributed by atoms with Gasteiger partial charge in [0.05, 0.1) is 18.9 Å². The number of thioether (sulfide) groups is 1. The van der Waals surface area contributed by atoms with Gasteiger partial charge in [-0.05, 0) is 36.8 Å². The van der Waals surface area contributed by atoms with E-state index in [0.717, 1.165) is 11.3 Å². The number of nitrogens with one attached hydrogen (secondary N) is 1. The first-order valence-corrected chi connectivity index (χ1v) is 8.98. The molecule has 0 aromatic heterocycles. The van der Waals surface area contributed by atoms with Gasteiger partial charge in [-0.1, -0.05) is 29.8 Å². The zero-order chi connectivity index (χ0) is 17.5. The molecule has 1 atom stereocenters. The molecule has 3 nitrogen and oxygen atoms in total. The van der Waals surface area contributed by atoms with E-state index in [2.05, 4.69) is 5.32 Å². The molecule has 0 aliphatic carbocycles. The first kappa shape index (κ1) is 18.6. The van der Waals surface area contributed by atoms with Gasteiger partial charge in [-0.3, -0.25) is 4.79 Å². The minimum atomic E-state index is -0.345.